The lowest BCUT2D eigenvalue weighted by Crippen LogP contribution is -1.82. The molecule has 0 N–H and O–H groups in total. The third kappa shape index (κ3) is 1.99. The van der Waals surface area contributed by atoms with Crippen LogP contribution in [-0.4, -0.2) is 12.1 Å². The normalized spacial score (nSPS) is 10.8. The minimum Gasteiger partial charge on any atom is -0.497 e. The largest absolute Gasteiger partial charge is 0.497 e. The molecule has 1 heterocycles. The zero-order chi connectivity index (χ0) is 12.5. The molecule has 2 aromatic carbocycles. The molecule has 0 spiro atoms. The number of hydrogen-bond acceptors (Lipinski definition) is 3. The predicted octanol–water partition coefficient (Wildman–Crippen LogP) is 4.27. The Morgan fingerprint density at radius 2 is 1.89 bits per heavy atom. The summed E-state index contributed by atoms with van der Waals surface area (Å²) < 4.78 is 11.8. The van der Waals surface area contributed by atoms with Crippen molar-refractivity contribution in [2.75, 3.05) is 7.11 Å². The molecule has 0 aliphatic carbocycles. The van der Waals surface area contributed by atoms with Crippen LogP contribution in [0.15, 0.2) is 51.4 Å². The quantitative estimate of drug-likeness (QED) is 0.709. The van der Waals surface area contributed by atoms with Crippen molar-refractivity contribution in [1.29, 1.82) is 0 Å². The van der Waals surface area contributed by atoms with Crippen LogP contribution < -0.4 is 4.74 Å². The van der Waals surface area contributed by atoms with E-state index in [2.05, 4.69) is 20.9 Å². The first kappa shape index (κ1) is 11.3. The number of methoxy groups -OCH3 is 1. The second-order valence-corrected chi connectivity index (χ2v) is 4.78. The third-order valence-electron chi connectivity index (χ3n) is 2.69. The summed E-state index contributed by atoms with van der Waals surface area (Å²) >= 11 is 3.42. The fourth-order valence-corrected chi connectivity index (χ4v) is 2.11. The number of rotatable bonds is 2. The van der Waals surface area contributed by atoms with E-state index in [-0.39, 0.29) is 0 Å². The Kier molecular flexibility index (Phi) is 2.80. The summed E-state index contributed by atoms with van der Waals surface area (Å²) in [5, 5.41) is 0. The van der Waals surface area contributed by atoms with E-state index in [1.165, 1.54) is 0 Å². The van der Waals surface area contributed by atoms with Crippen LogP contribution in [0, 0.1) is 0 Å². The van der Waals surface area contributed by atoms with Crippen molar-refractivity contribution >= 4 is 27.0 Å². The summed E-state index contributed by atoms with van der Waals surface area (Å²) in [5.41, 5.74) is 2.56. The van der Waals surface area contributed by atoms with Crippen LogP contribution >= 0.6 is 15.9 Å². The van der Waals surface area contributed by atoms with Gasteiger partial charge in [-0.05, 0) is 42.5 Å². The van der Waals surface area contributed by atoms with Crippen LogP contribution in [0.1, 0.15) is 0 Å². The zero-order valence-corrected chi connectivity index (χ0v) is 11.3. The molecule has 3 aromatic rings. The second kappa shape index (κ2) is 4.46. The van der Waals surface area contributed by atoms with E-state index in [1.54, 1.807) is 7.11 Å². The summed E-state index contributed by atoms with van der Waals surface area (Å²) in [5.74, 6) is 1.43. The van der Waals surface area contributed by atoms with Crippen LogP contribution in [0.4, 0.5) is 0 Å². The van der Waals surface area contributed by atoms with Gasteiger partial charge in [-0.3, -0.25) is 0 Å². The molecule has 0 bridgehead atoms. The Bertz CT molecular complexity index is 689. The van der Waals surface area contributed by atoms with Crippen molar-refractivity contribution in [2.24, 2.45) is 0 Å². The van der Waals surface area contributed by atoms with Gasteiger partial charge in [-0.1, -0.05) is 15.9 Å². The number of benzene rings is 2. The van der Waals surface area contributed by atoms with Gasteiger partial charge in [0.15, 0.2) is 5.58 Å². The molecule has 0 unspecified atom stereocenters. The van der Waals surface area contributed by atoms with E-state index in [4.69, 9.17) is 9.15 Å². The summed E-state index contributed by atoms with van der Waals surface area (Å²) in [7, 11) is 1.64. The second-order valence-electron chi connectivity index (χ2n) is 3.86. The Morgan fingerprint density at radius 3 is 2.61 bits per heavy atom. The van der Waals surface area contributed by atoms with Crippen molar-refractivity contribution in [2.45, 2.75) is 0 Å². The molecule has 0 radical (unpaired) electrons. The van der Waals surface area contributed by atoms with Gasteiger partial charge < -0.3 is 9.15 Å². The summed E-state index contributed by atoms with van der Waals surface area (Å²) in [6.07, 6.45) is 0. The number of fused-ring (bicyclic) bond motifs is 1. The van der Waals surface area contributed by atoms with E-state index < -0.39 is 0 Å². The Labute approximate surface area is 113 Å². The summed E-state index contributed by atoms with van der Waals surface area (Å²) in [6, 6.07) is 13.4. The highest BCUT2D eigenvalue weighted by Crippen LogP contribution is 2.27. The smallest absolute Gasteiger partial charge is 0.227 e. The molecule has 18 heavy (non-hydrogen) atoms. The zero-order valence-electron chi connectivity index (χ0n) is 9.68. The lowest BCUT2D eigenvalue weighted by atomic mass is 10.2. The van der Waals surface area contributed by atoms with Crippen molar-refractivity contribution in [1.82, 2.24) is 4.98 Å². The third-order valence-corrected chi connectivity index (χ3v) is 3.18. The average Bonchev–Trinajstić information content (AvgIpc) is 2.81. The molecule has 0 fully saturated rings. The van der Waals surface area contributed by atoms with Crippen molar-refractivity contribution in [3.63, 3.8) is 0 Å². The number of hydrogen-bond donors (Lipinski definition) is 0. The number of oxazole rings is 1. The van der Waals surface area contributed by atoms with Crippen LogP contribution in [0.5, 0.6) is 5.75 Å². The molecular weight excluding hydrogens is 294 g/mol. The molecule has 0 aliphatic rings. The molecule has 3 nitrogen and oxygen atoms in total. The highest BCUT2D eigenvalue weighted by Gasteiger charge is 2.08. The first-order valence-corrected chi connectivity index (χ1v) is 6.26. The minimum atomic E-state index is 0.616. The number of nitrogens with zero attached hydrogens (tertiary/aromatic N) is 1. The monoisotopic (exact) mass is 303 g/mol. The lowest BCUT2D eigenvalue weighted by Gasteiger charge is -1.99. The number of aromatic nitrogens is 1. The molecule has 90 valence electrons. The fraction of sp³-hybridized carbons (Fsp3) is 0.0714. The maximum Gasteiger partial charge on any atom is 0.227 e. The SMILES string of the molecule is COc1ccc(-c2nc3cc(Br)ccc3o2)cc1. The Balaban J connectivity index is 2.07. The Hall–Kier alpha value is -1.81. The van der Waals surface area contributed by atoms with Gasteiger partial charge >= 0.3 is 0 Å². The van der Waals surface area contributed by atoms with Crippen molar-refractivity contribution in [3.8, 4) is 17.2 Å². The van der Waals surface area contributed by atoms with Gasteiger partial charge in [-0.2, -0.15) is 0 Å². The molecule has 0 saturated heterocycles. The van der Waals surface area contributed by atoms with Crippen LogP contribution in [0.25, 0.3) is 22.6 Å². The standard InChI is InChI=1S/C14H10BrNO2/c1-17-11-5-2-9(3-6-11)14-16-12-8-10(15)4-7-13(12)18-14/h2-8H,1H3. The number of halogens is 1. The van der Waals surface area contributed by atoms with Crippen LogP contribution in [0.2, 0.25) is 0 Å². The van der Waals surface area contributed by atoms with Crippen molar-refractivity contribution in [3.05, 3.63) is 46.9 Å². The van der Waals surface area contributed by atoms with Gasteiger partial charge in [0, 0.05) is 10.0 Å². The lowest BCUT2D eigenvalue weighted by molar-refractivity contribution is 0.415. The van der Waals surface area contributed by atoms with Crippen LogP contribution in [-0.2, 0) is 0 Å². The van der Waals surface area contributed by atoms with Crippen molar-refractivity contribution < 1.29 is 9.15 Å². The maximum atomic E-state index is 5.71. The topological polar surface area (TPSA) is 35.3 Å². The highest BCUT2D eigenvalue weighted by atomic mass is 79.9. The first-order valence-electron chi connectivity index (χ1n) is 5.47. The van der Waals surface area contributed by atoms with Gasteiger partial charge in [0.05, 0.1) is 7.11 Å². The fourth-order valence-electron chi connectivity index (χ4n) is 1.76. The highest BCUT2D eigenvalue weighted by molar-refractivity contribution is 9.10. The van der Waals surface area contributed by atoms with Gasteiger partial charge in [-0.25, -0.2) is 4.98 Å². The molecule has 0 atom stereocenters. The molecule has 3 rings (SSSR count). The van der Waals surface area contributed by atoms with E-state index in [9.17, 15) is 0 Å². The van der Waals surface area contributed by atoms with E-state index in [1.807, 2.05) is 42.5 Å². The predicted molar refractivity (Wildman–Crippen MR) is 73.7 cm³/mol. The van der Waals surface area contributed by atoms with Gasteiger partial charge in [0.2, 0.25) is 5.89 Å². The Morgan fingerprint density at radius 1 is 1.11 bits per heavy atom. The van der Waals surface area contributed by atoms with Gasteiger partial charge in [-0.15, -0.1) is 0 Å². The molecule has 0 aliphatic heterocycles. The molecular formula is C14H10BrNO2. The minimum absolute atomic E-state index is 0.616. The van der Waals surface area contributed by atoms with E-state index >= 15 is 0 Å². The van der Waals surface area contributed by atoms with Gasteiger partial charge in [0.1, 0.15) is 11.3 Å². The van der Waals surface area contributed by atoms with Gasteiger partial charge in [0.25, 0.3) is 0 Å². The summed E-state index contributed by atoms with van der Waals surface area (Å²) in [6.45, 7) is 0. The summed E-state index contributed by atoms with van der Waals surface area (Å²) in [4.78, 5) is 4.46. The molecule has 4 heteroatoms. The first-order chi connectivity index (χ1) is 8.76. The van der Waals surface area contributed by atoms with E-state index in [0.717, 1.165) is 26.9 Å². The maximum absolute atomic E-state index is 5.71. The molecule has 0 saturated carbocycles. The van der Waals surface area contributed by atoms with E-state index in [0.29, 0.717) is 5.89 Å². The van der Waals surface area contributed by atoms with Crippen LogP contribution in [0.3, 0.4) is 0 Å². The average molecular weight is 304 g/mol. The number of ether oxygens (including phenoxy) is 1. The molecule has 0 amide bonds. The molecule has 1 aromatic heterocycles.